The number of nitrogens with one attached hydrogen (secondary N) is 1. The molecule has 5 nitrogen and oxygen atoms in total. The zero-order valence-electron chi connectivity index (χ0n) is 15.5. The second-order valence-corrected chi connectivity index (χ2v) is 6.37. The van der Waals surface area contributed by atoms with Gasteiger partial charge in [-0.2, -0.15) is 0 Å². The summed E-state index contributed by atoms with van der Waals surface area (Å²) in [5.74, 6) is 2.76. The lowest BCUT2D eigenvalue weighted by Gasteiger charge is -2.34. The van der Waals surface area contributed by atoms with Crippen molar-refractivity contribution < 1.29 is 9.47 Å². The Morgan fingerprint density at radius 1 is 1.08 bits per heavy atom. The van der Waals surface area contributed by atoms with Crippen LogP contribution in [0.3, 0.4) is 0 Å². The predicted octanol–water partition coefficient (Wildman–Crippen LogP) is 3.31. The van der Waals surface area contributed by atoms with E-state index in [4.69, 9.17) is 9.47 Å². The summed E-state index contributed by atoms with van der Waals surface area (Å²) in [6, 6.07) is 18.1. The Labute approximate surface area is 155 Å². The fourth-order valence-corrected chi connectivity index (χ4v) is 3.17. The van der Waals surface area contributed by atoms with Gasteiger partial charge in [0.25, 0.3) is 0 Å². The number of likely N-dealkylation sites (tertiary alicyclic amines) is 1. The molecule has 0 amide bonds. The van der Waals surface area contributed by atoms with Gasteiger partial charge in [-0.15, -0.1) is 0 Å². The highest BCUT2D eigenvalue weighted by molar-refractivity contribution is 5.80. The van der Waals surface area contributed by atoms with Gasteiger partial charge in [-0.3, -0.25) is 4.99 Å². The predicted molar refractivity (Wildman–Crippen MR) is 105 cm³/mol. The molecule has 0 aromatic heterocycles. The molecule has 1 aliphatic rings. The van der Waals surface area contributed by atoms with Gasteiger partial charge in [0.05, 0.1) is 7.11 Å². The number of nitrogens with zero attached hydrogens (tertiary/aromatic N) is 2. The van der Waals surface area contributed by atoms with Crippen molar-refractivity contribution in [2.24, 2.45) is 4.99 Å². The minimum atomic E-state index is 0.269. The zero-order valence-corrected chi connectivity index (χ0v) is 15.5. The van der Waals surface area contributed by atoms with Crippen LogP contribution in [-0.2, 0) is 6.54 Å². The number of guanidine groups is 1. The molecule has 0 aliphatic carbocycles. The monoisotopic (exact) mass is 353 g/mol. The second-order valence-electron chi connectivity index (χ2n) is 6.37. The third-order valence-electron chi connectivity index (χ3n) is 4.58. The fourth-order valence-electron chi connectivity index (χ4n) is 3.17. The molecule has 5 heteroatoms. The molecule has 26 heavy (non-hydrogen) atoms. The molecule has 0 radical (unpaired) electrons. The van der Waals surface area contributed by atoms with Crippen LogP contribution >= 0.6 is 0 Å². The smallest absolute Gasteiger partial charge is 0.193 e. The summed E-state index contributed by atoms with van der Waals surface area (Å²) < 4.78 is 11.4. The largest absolute Gasteiger partial charge is 0.497 e. The number of hydrogen-bond acceptors (Lipinski definition) is 3. The van der Waals surface area contributed by atoms with Crippen molar-refractivity contribution in [1.82, 2.24) is 10.2 Å². The van der Waals surface area contributed by atoms with Crippen molar-refractivity contribution in [3.05, 3.63) is 60.2 Å². The second kappa shape index (κ2) is 9.13. The molecular formula is C21H27N3O2. The summed E-state index contributed by atoms with van der Waals surface area (Å²) in [6.45, 7) is 2.61. The van der Waals surface area contributed by atoms with Crippen molar-refractivity contribution in [1.29, 1.82) is 0 Å². The SMILES string of the molecule is CN=C(NCc1cccc(OC)c1)N1CCC(Oc2ccccc2)CC1. The lowest BCUT2D eigenvalue weighted by atomic mass is 10.1. The molecule has 0 spiro atoms. The average Bonchev–Trinajstić information content (AvgIpc) is 2.70. The van der Waals surface area contributed by atoms with Crippen LogP contribution < -0.4 is 14.8 Å². The molecule has 1 heterocycles. The molecule has 1 saturated heterocycles. The van der Waals surface area contributed by atoms with Crippen molar-refractivity contribution >= 4 is 5.96 Å². The summed E-state index contributed by atoms with van der Waals surface area (Å²) >= 11 is 0. The molecular weight excluding hydrogens is 326 g/mol. The highest BCUT2D eigenvalue weighted by atomic mass is 16.5. The van der Waals surface area contributed by atoms with E-state index in [-0.39, 0.29) is 6.10 Å². The summed E-state index contributed by atoms with van der Waals surface area (Å²) in [4.78, 5) is 6.73. The molecule has 0 bridgehead atoms. The van der Waals surface area contributed by atoms with Crippen LogP contribution in [0.4, 0.5) is 0 Å². The van der Waals surface area contributed by atoms with Gasteiger partial charge in [-0.05, 0) is 29.8 Å². The summed E-state index contributed by atoms with van der Waals surface area (Å²) in [5.41, 5.74) is 1.17. The Bertz CT molecular complexity index is 710. The van der Waals surface area contributed by atoms with Crippen LogP contribution in [-0.4, -0.2) is 44.2 Å². The minimum Gasteiger partial charge on any atom is -0.497 e. The molecule has 0 unspecified atom stereocenters. The minimum absolute atomic E-state index is 0.269. The van der Waals surface area contributed by atoms with Gasteiger partial charge >= 0.3 is 0 Å². The summed E-state index contributed by atoms with van der Waals surface area (Å²) in [7, 11) is 3.52. The Morgan fingerprint density at radius 2 is 1.81 bits per heavy atom. The highest BCUT2D eigenvalue weighted by Gasteiger charge is 2.22. The number of ether oxygens (including phenoxy) is 2. The van der Waals surface area contributed by atoms with E-state index in [0.29, 0.717) is 0 Å². The van der Waals surface area contributed by atoms with Crippen molar-refractivity contribution in [2.45, 2.75) is 25.5 Å². The van der Waals surface area contributed by atoms with E-state index >= 15 is 0 Å². The first-order valence-electron chi connectivity index (χ1n) is 9.08. The Kier molecular flexibility index (Phi) is 6.36. The number of benzene rings is 2. The van der Waals surface area contributed by atoms with Crippen LogP contribution in [0.1, 0.15) is 18.4 Å². The van der Waals surface area contributed by atoms with Gasteiger partial charge in [-0.1, -0.05) is 30.3 Å². The zero-order chi connectivity index (χ0) is 18.2. The Morgan fingerprint density at radius 3 is 2.50 bits per heavy atom. The van der Waals surface area contributed by atoms with Crippen LogP contribution in [0.15, 0.2) is 59.6 Å². The van der Waals surface area contributed by atoms with E-state index in [1.807, 2.05) is 55.6 Å². The van der Waals surface area contributed by atoms with Crippen molar-refractivity contribution in [2.75, 3.05) is 27.2 Å². The maximum absolute atomic E-state index is 6.07. The topological polar surface area (TPSA) is 46.1 Å². The molecule has 0 saturated carbocycles. The van der Waals surface area contributed by atoms with Gasteiger partial charge in [0, 0.05) is 39.5 Å². The van der Waals surface area contributed by atoms with Gasteiger partial charge < -0.3 is 19.7 Å². The third-order valence-corrected chi connectivity index (χ3v) is 4.58. The van der Waals surface area contributed by atoms with E-state index in [0.717, 1.165) is 49.9 Å². The lowest BCUT2D eigenvalue weighted by Crippen LogP contribution is -2.47. The maximum Gasteiger partial charge on any atom is 0.193 e. The summed E-state index contributed by atoms with van der Waals surface area (Å²) in [6.07, 6.45) is 2.26. The Balaban J connectivity index is 1.49. The number of methoxy groups -OCH3 is 1. The Hall–Kier alpha value is -2.69. The standard InChI is InChI=1S/C21H27N3O2/c1-22-21(23-16-17-7-6-10-20(15-17)25-2)24-13-11-19(12-14-24)26-18-8-4-3-5-9-18/h3-10,15,19H,11-14,16H2,1-2H3,(H,22,23). The van der Waals surface area contributed by atoms with Crippen LogP contribution in [0.5, 0.6) is 11.5 Å². The number of para-hydroxylation sites is 1. The molecule has 2 aromatic rings. The first-order chi connectivity index (χ1) is 12.8. The number of rotatable bonds is 5. The molecule has 1 fully saturated rings. The first kappa shape index (κ1) is 18.1. The van der Waals surface area contributed by atoms with Crippen molar-refractivity contribution in [3.63, 3.8) is 0 Å². The summed E-state index contributed by atoms with van der Waals surface area (Å²) in [5, 5.41) is 3.45. The van der Waals surface area contributed by atoms with Gasteiger partial charge in [0.2, 0.25) is 0 Å². The van der Waals surface area contributed by atoms with Crippen LogP contribution in [0.25, 0.3) is 0 Å². The van der Waals surface area contributed by atoms with Gasteiger partial charge in [0.15, 0.2) is 5.96 Å². The van der Waals surface area contributed by atoms with E-state index in [9.17, 15) is 0 Å². The van der Waals surface area contributed by atoms with E-state index < -0.39 is 0 Å². The quantitative estimate of drug-likeness (QED) is 0.662. The van der Waals surface area contributed by atoms with Crippen molar-refractivity contribution in [3.8, 4) is 11.5 Å². The van der Waals surface area contributed by atoms with Crippen LogP contribution in [0, 0.1) is 0 Å². The molecule has 138 valence electrons. The molecule has 1 aliphatic heterocycles. The van der Waals surface area contributed by atoms with Gasteiger partial charge in [-0.25, -0.2) is 0 Å². The normalized spacial score (nSPS) is 15.6. The van der Waals surface area contributed by atoms with Crippen LogP contribution in [0.2, 0.25) is 0 Å². The lowest BCUT2D eigenvalue weighted by molar-refractivity contribution is 0.129. The molecule has 3 rings (SSSR count). The van der Waals surface area contributed by atoms with Gasteiger partial charge in [0.1, 0.15) is 17.6 Å². The number of hydrogen-bond donors (Lipinski definition) is 1. The molecule has 0 atom stereocenters. The highest BCUT2D eigenvalue weighted by Crippen LogP contribution is 2.19. The van der Waals surface area contributed by atoms with E-state index in [2.05, 4.69) is 21.3 Å². The molecule has 1 N–H and O–H groups in total. The van der Waals surface area contributed by atoms with E-state index in [1.54, 1.807) is 7.11 Å². The number of aliphatic imine (C=N–C) groups is 1. The average molecular weight is 353 g/mol. The third kappa shape index (κ3) is 4.91. The van der Waals surface area contributed by atoms with E-state index in [1.165, 1.54) is 5.56 Å². The maximum atomic E-state index is 6.07. The fraction of sp³-hybridized carbons (Fsp3) is 0.381. The molecule has 2 aromatic carbocycles. The number of piperidine rings is 1. The first-order valence-corrected chi connectivity index (χ1v) is 9.08.